The highest BCUT2D eigenvalue weighted by molar-refractivity contribution is 5.79. The number of carbonyl (C=O) groups is 1. The highest BCUT2D eigenvalue weighted by atomic mass is 16.5. The molecule has 0 N–H and O–H groups in total. The number of hydrogen-bond donors (Lipinski definition) is 0. The molecule has 0 aliphatic carbocycles. The van der Waals surface area contributed by atoms with Crippen molar-refractivity contribution in [1.29, 1.82) is 0 Å². The zero-order valence-corrected chi connectivity index (χ0v) is 10.2. The molecule has 0 saturated carbocycles. The van der Waals surface area contributed by atoms with E-state index in [4.69, 9.17) is 9.47 Å². The van der Waals surface area contributed by atoms with Gasteiger partial charge < -0.3 is 9.47 Å². The number of methoxy groups -OCH3 is 1. The van der Waals surface area contributed by atoms with Crippen LogP contribution in [0.4, 0.5) is 0 Å². The number of ether oxygens (including phenoxy) is 2. The fraction of sp³-hybridized carbons (Fsp3) is 0.462. The molecule has 0 heterocycles. The Balaban J connectivity index is 3.03. The molecular formula is C13H18O3. The molecule has 0 saturated heterocycles. The molecule has 0 radical (unpaired) electrons. The van der Waals surface area contributed by atoms with E-state index in [9.17, 15) is 4.79 Å². The van der Waals surface area contributed by atoms with Gasteiger partial charge in [0.15, 0.2) is 0 Å². The Morgan fingerprint density at radius 2 is 2.12 bits per heavy atom. The molecule has 0 fully saturated rings. The van der Waals surface area contributed by atoms with Gasteiger partial charge in [0.1, 0.15) is 5.75 Å². The van der Waals surface area contributed by atoms with E-state index >= 15 is 0 Å². The summed E-state index contributed by atoms with van der Waals surface area (Å²) in [6, 6.07) is 5.77. The van der Waals surface area contributed by atoms with E-state index in [1.165, 1.54) is 0 Å². The fourth-order valence-electron chi connectivity index (χ4n) is 1.69. The van der Waals surface area contributed by atoms with Crippen molar-refractivity contribution in [2.24, 2.45) is 0 Å². The first-order valence-corrected chi connectivity index (χ1v) is 5.42. The maximum Gasteiger partial charge on any atom is 0.313 e. The Bertz CT molecular complexity index is 371. The van der Waals surface area contributed by atoms with Crippen molar-refractivity contribution in [3.05, 3.63) is 29.3 Å². The molecule has 1 atom stereocenters. The van der Waals surface area contributed by atoms with E-state index in [-0.39, 0.29) is 11.9 Å². The van der Waals surface area contributed by atoms with Crippen molar-refractivity contribution in [2.45, 2.75) is 26.7 Å². The zero-order chi connectivity index (χ0) is 12.1. The number of benzene rings is 1. The van der Waals surface area contributed by atoms with Gasteiger partial charge in [0.25, 0.3) is 0 Å². The van der Waals surface area contributed by atoms with Crippen LogP contribution in [0.1, 0.15) is 30.9 Å². The molecule has 88 valence electrons. The standard InChI is InChI=1S/C13H18O3/c1-5-16-13(14)10(3)11-8-6-7-9(2)12(11)15-4/h6-8,10H,5H2,1-4H3. The third-order valence-corrected chi connectivity index (χ3v) is 2.55. The third-order valence-electron chi connectivity index (χ3n) is 2.55. The summed E-state index contributed by atoms with van der Waals surface area (Å²) in [4.78, 5) is 11.6. The van der Waals surface area contributed by atoms with Crippen LogP contribution in [-0.2, 0) is 9.53 Å². The van der Waals surface area contributed by atoms with E-state index in [1.807, 2.05) is 32.0 Å². The lowest BCUT2D eigenvalue weighted by Crippen LogP contribution is -2.14. The van der Waals surface area contributed by atoms with Gasteiger partial charge in [0.2, 0.25) is 0 Å². The summed E-state index contributed by atoms with van der Waals surface area (Å²) >= 11 is 0. The van der Waals surface area contributed by atoms with Crippen LogP contribution in [0.5, 0.6) is 5.75 Å². The molecule has 1 unspecified atom stereocenters. The number of hydrogen-bond acceptors (Lipinski definition) is 3. The summed E-state index contributed by atoms with van der Waals surface area (Å²) < 4.78 is 10.3. The molecule has 0 spiro atoms. The van der Waals surface area contributed by atoms with Crippen LogP contribution in [0, 0.1) is 6.92 Å². The summed E-state index contributed by atoms with van der Waals surface area (Å²) in [5.41, 5.74) is 1.90. The smallest absolute Gasteiger partial charge is 0.313 e. The largest absolute Gasteiger partial charge is 0.496 e. The lowest BCUT2D eigenvalue weighted by atomic mass is 9.98. The normalized spacial score (nSPS) is 12.0. The molecule has 0 aromatic heterocycles. The Morgan fingerprint density at radius 1 is 1.44 bits per heavy atom. The highest BCUT2D eigenvalue weighted by Crippen LogP contribution is 2.30. The minimum absolute atomic E-state index is 0.216. The van der Waals surface area contributed by atoms with E-state index in [0.29, 0.717) is 6.61 Å². The highest BCUT2D eigenvalue weighted by Gasteiger charge is 2.20. The van der Waals surface area contributed by atoms with Gasteiger partial charge in [-0.15, -0.1) is 0 Å². The van der Waals surface area contributed by atoms with E-state index < -0.39 is 0 Å². The fourth-order valence-corrected chi connectivity index (χ4v) is 1.69. The Hall–Kier alpha value is -1.51. The molecule has 0 aliphatic heterocycles. The van der Waals surface area contributed by atoms with Crippen LogP contribution in [-0.4, -0.2) is 19.7 Å². The third kappa shape index (κ3) is 2.54. The quantitative estimate of drug-likeness (QED) is 0.735. The van der Waals surface area contributed by atoms with Crippen molar-refractivity contribution in [3.63, 3.8) is 0 Å². The minimum atomic E-state index is -0.296. The predicted octanol–water partition coefficient (Wildman–Crippen LogP) is 2.67. The first-order chi connectivity index (χ1) is 7.61. The summed E-state index contributed by atoms with van der Waals surface area (Å²) in [6.45, 7) is 5.99. The number of rotatable bonds is 4. The van der Waals surface area contributed by atoms with E-state index in [1.54, 1.807) is 14.0 Å². The first-order valence-electron chi connectivity index (χ1n) is 5.42. The molecule has 3 heteroatoms. The van der Waals surface area contributed by atoms with Crippen molar-refractivity contribution in [3.8, 4) is 5.75 Å². The monoisotopic (exact) mass is 222 g/mol. The molecule has 3 nitrogen and oxygen atoms in total. The second-order valence-electron chi connectivity index (χ2n) is 3.67. The molecule has 1 rings (SSSR count). The van der Waals surface area contributed by atoms with Gasteiger partial charge in [-0.2, -0.15) is 0 Å². The van der Waals surface area contributed by atoms with Gasteiger partial charge in [-0.05, 0) is 26.3 Å². The molecule has 0 bridgehead atoms. The van der Waals surface area contributed by atoms with Crippen molar-refractivity contribution in [1.82, 2.24) is 0 Å². The number of aryl methyl sites for hydroxylation is 1. The molecule has 1 aromatic rings. The summed E-state index contributed by atoms with van der Waals surface area (Å²) in [5.74, 6) is 0.254. The van der Waals surface area contributed by atoms with Gasteiger partial charge in [-0.25, -0.2) is 0 Å². The Kier molecular flexibility index (Phi) is 4.35. The van der Waals surface area contributed by atoms with Gasteiger partial charge in [0, 0.05) is 5.56 Å². The Morgan fingerprint density at radius 3 is 2.69 bits per heavy atom. The zero-order valence-electron chi connectivity index (χ0n) is 10.2. The van der Waals surface area contributed by atoms with Crippen LogP contribution in [0.3, 0.4) is 0 Å². The average molecular weight is 222 g/mol. The maximum atomic E-state index is 11.6. The van der Waals surface area contributed by atoms with Crippen molar-refractivity contribution in [2.75, 3.05) is 13.7 Å². The first kappa shape index (κ1) is 12.6. The molecule has 16 heavy (non-hydrogen) atoms. The predicted molar refractivity (Wildman–Crippen MR) is 62.8 cm³/mol. The van der Waals surface area contributed by atoms with Crippen LogP contribution in [0.25, 0.3) is 0 Å². The SMILES string of the molecule is CCOC(=O)C(C)c1cccc(C)c1OC. The van der Waals surface area contributed by atoms with Gasteiger partial charge in [-0.3, -0.25) is 4.79 Å². The number of para-hydroxylation sites is 1. The van der Waals surface area contributed by atoms with E-state index in [2.05, 4.69) is 0 Å². The van der Waals surface area contributed by atoms with Gasteiger partial charge >= 0.3 is 5.97 Å². The van der Waals surface area contributed by atoms with Gasteiger partial charge in [-0.1, -0.05) is 18.2 Å². The summed E-state index contributed by atoms with van der Waals surface area (Å²) in [6.07, 6.45) is 0. The Labute approximate surface area is 96.4 Å². The second kappa shape index (κ2) is 5.54. The summed E-state index contributed by atoms with van der Waals surface area (Å²) in [5, 5.41) is 0. The number of esters is 1. The van der Waals surface area contributed by atoms with Gasteiger partial charge in [0.05, 0.1) is 19.6 Å². The minimum Gasteiger partial charge on any atom is -0.496 e. The number of carbonyl (C=O) groups excluding carboxylic acids is 1. The molecule has 0 aliphatic rings. The van der Waals surface area contributed by atoms with Crippen LogP contribution >= 0.6 is 0 Å². The summed E-state index contributed by atoms with van der Waals surface area (Å²) in [7, 11) is 1.61. The average Bonchev–Trinajstić information content (AvgIpc) is 2.28. The topological polar surface area (TPSA) is 35.5 Å². The van der Waals surface area contributed by atoms with E-state index in [0.717, 1.165) is 16.9 Å². The van der Waals surface area contributed by atoms with Crippen molar-refractivity contribution < 1.29 is 14.3 Å². The second-order valence-corrected chi connectivity index (χ2v) is 3.67. The van der Waals surface area contributed by atoms with Crippen molar-refractivity contribution >= 4 is 5.97 Å². The molecular weight excluding hydrogens is 204 g/mol. The lowest BCUT2D eigenvalue weighted by Gasteiger charge is -2.16. The lowest BCUT2D eigenvalue weighted by molar-refractivity contribution is -0.144. The molecule has 1 aromatic carbocycles. The van der Waals surface area contributed by atoms with Crippen LogP contribution in [0.15, 0.2) is 18.2 Å². The van der Waals surface area contributed by atoms with Crippen LogP contribution < -0.4 is 4.74 Å². The maximum absolute atomic E-state index is 11.6. The molecule has 0 amide bonds. The van der Waals surface area contributed by atoms with Crippen LogP contribution in [0.2, 0.25) is 0 Å².